The lowest BCUT2D eigenvalue weighted by atomic mass is 9.98. The first kappa shape index (κ1) is 11.9. The van der Waals surface area contributed by atoms with Crippen LogP contribution in [0.2, 0.25) is 0 Å². The van der Waals surface area contributed by atoms with Gasteiger partial charge in [-0.1, -0.05) is 23.4 Å². The van der Waals surface area contributed by atoms with Crippen LogP contribution in [0.25, 0.3) is 0 Å². The van der Waals surface area contributed by atoms with Gasteiger partial charge in [0, 0.05) is 18.5 Å². The van der Waals surface area contributed by atoms with Crippen LogP contribution >= 0.6 is 0 Å². The zero-order chi connectivity index (χ0) is 12.5. The van der Waals surface area contributed by atoms with Crippen molar-refractivity contribution in [2.45, 2.75) is 18.7 Å². The van der Waals surface area contributed by atoms with E-state index in [0.717, 1.165) is 6.07 Å². The summed E-state index contributed by atoms with van der Waals surface area (Å²) in [5.74, 6) is 0. The molecule has 92 valence electrons. The second kappa shape index (κ2) is 4.37. The van der Waals surface area contributed by atoms with E-state index in [0.29, 0.717) is 12.1 Å². The average Bonchev–Trinajstić information content (AvgIpc) is 2.76. The number of halogens is 3. The van der Waals surface area contributed by atoms with E-state index in [1.54, 1.807) is 6.07 Å². The van der Waals surface area contributed by atoms with Crippen LogP contribution in [0.3, 0.4) is 0 Å². The van der Waals surface area contributed by atoms with Gasteiger partial charge in [0.2, 0.25) is 0 Å². The van der Waals surface area contributed by atoms with E-state index < -0.39 is 17.8 Å². The fourth-order valence-electron chi connectivity index (χ4n) is 1.75. The molecular formula is C11H11F3N2O. The second-order valence-electron chi connectivity index (χ2n) is 3.74. The first-order valence-corrected chi connectivity index (χ1v) is 5.10. The van der Waals surface area contributed by atoms with Crippen LogP contribution < -0.4 is 5.73 Å². The van der Waals surface area contributed by atoms with Gasteiger partial charge in [0.05, 0.1) is 11.3 Å². The number of nitrogens with zero attached hydrogens (tertiary/aromatic N) is 1. The molecule has 0 aromatic heterocycles. The highest BCUT2D eigenvalue weighted by Gasteiger charge is 2.36. The van der Waals surface area contributed by atoms with Crippen molar-refractivity contribution in [1.29, 1.82) is 0 Å². The lowest BCUT2D eigenvalue weighted by Crippen LogP contribution is -2.15. The molecule has 1 aliphatic rings. The van der Waals surface area contributed by atoms with Crippen molar-refractivity contribution in [3.05, 3.63) is 35.4 Å². The summed E-state index contributed by atoms with van der Waals surface area (Å²) < 4.78 is 38.3. The summed E-state index contributed by atoms with van der Waals surface area (Å²) in [4.78, 5) is 4.99. The minimum absolute atomic E-state index is 0.104. The molecule has 0 aliphatic carbocycles. The Bertz CT molecular complexity index is 443. The van der Waals surface area contributed by atoms with Gasteiger partial charge in [-0.25, -0.2) is 0 Å². The lowest BCUT2D eigenvalue weighted by molar-refractivity contribution is -0.139. The smallest absolute Gasteiger partial charge is 0.387 e. The molecule has 2 N–H and O–H groups in total. The van der Waals surface area contributed by atoms with E-state index in [9.17, 15) is 13.2 Å². The van der Waals surface area contributed by atoms with Gasteiger partial charge < -0.3 is 10.6 Å². The Balaban J connectivity index is 2.29. The maximum absolute atomic E-state index is 12.8. The Morgan fingerprint density at radius 3 is 2.65 bits per heavy atom. The number of nitrogens with two attached hydrogens (primary N) is 1. The van der Waals surface area contributed by atoms with E-state index in [2.05, 4.69) is 5.16 Å². The maximum Gasteiger partial charge on any atom is 0.416 e. The Morgan fingerprint density at radius 1 is 1.35 bits per heavy atom. The Kier molecular flexibility index (Phi) is 3.06. The van der Waals surface area contributed by atoms with Crippen molar-refractivity contribution >= 4 is 5.71 Å². The molecule has 1 aliphatic heterocycles. The van der Waals surface area contributed by atoms with E-state index in [-0.39, 0.29) is 12.1 Å². The lowest BCUT2D eigenvalue weighted by Gasteiger charge is -2.15. The molecule has 0 saturated carbocycles. The van der Waals surface area contributed by atoms with Gasteiger partial charge >= 0.3 is 6.18 Å². The third kappa shape index (κ3) is 2.41. The Morgan fingerprint density at radius 2 is 2.06 bits per heavy atom. The second-order valence-corrected chi connectivity index (χ2v) is 3.74. The van der Waals surface area contributed by atoms with Crippen LogP contribution in [0.4, 0.5) is 13.2 Å². The Labute approximate surface area is 96.0 Å². The molecule has 3 nitrogen and oxygen atoms in total. The standard InChI is InChI=1S/C11H11F3N2O/c12-11(13,14)9-4-2-1-3-8(9)10-5-7(6-15)16-17-10/h1-4,10H,5-6,15H2. The monoisotopic (exact) mass is 244 g/mol. The first-order valence-electron chi connectivity index (χ1n) is 5.10. The van der Waals surface area contributed by atoms with Crippen molar-refractivity contribution < 1.29 is 18.0 Å². The van der Waals surface area contributed by atoms with Crippen LogP contribution in [-0.2, 0) is 11.0 Å². The average molecular weight is 244 g/mol. The topological polar surface area (TPSA) is 47.6 Å². The summed E-state index contributed by atoms with van der Waals surface area (Å²) in [7, 11) is 0. The summed E-state index contributed by atoms with van der Waals surface area (Å²) in [5.41, 5.74) is 5.36. The molecule has 1 atom stereocenters. The number of hydrogen-bond donors (Lipinski definition) is 1. The van der Waals surface area contributed by atoms with Gasteiger partial charge in [0.1, 0.15) is 0 Å². The highest BCUT2D eigenvalue weighted by molar-refractivity contribution is 5.87. The molecule has 1 heterocycles. The fourth-order valence-corrected chi connectivity index (χ4v) is 1.75. The molecule has 1 aromatic rings. The largest absolute Gasteiger partial charge is 0.416 e. The number of oxime groups is 1. The van der Waals surface area contributed by atoms with E-state index in [1.165, 1.54) is 12.1 Å². The summed E-state index contributed by atoms with van der Waals surface area (Å²) in [6.07, 6.45) is -4.76. The van der Waals surface area contributed by atoms with E-state index >= 15 is 0 Å². The summed E-state index contributed by atoms with van der Waals surface area (Å²) in [6.45, 7) is 0.199. The Hall–Kier alpha value is -1.56. The molecule has 6 heteroatoms. The van der Waals surface area contributed by atoms with Crippen molar-refractivity contribution in [3.8, 4) is 0 Å². The summed E-state index contributed by atoms with van der Waals surface area (Å²) in [5, 5.41) is 3.66. The van der Waals surface area contributed by atoms with Gasteiger partial charge in [-0.2, -0.15) is 13.2 Å². The molecule has 0 spiro atoms. The summed E-state index contributed by atoms with van der Waals surface area (Å²) >= 11 is 0. The molecule has 0 saturated heterocycles. The minimum Gasteiger partial charge on any atom is -0.387 e. The number of benzene rings is 1. The predicted molar refractivity (Wildman–Crippen MR) is 56.4 cm³/mol. The molecule has 0 radical (unpaired) electrons. The van der Waals surface area contributed by atoms with Crippen molar-refractivity contribution in [2.75, 3.05) is 6.54 Å². The van der Waals surface area contributed by atoms with Crippen LogP contribution in [0, 0.1) is 0 Å². The third-order valence-corrected chi connectivity index (χ3v) is 2.58. The maximum atomic E-state index is 12.8. The van der Waals surface area contributed by atoms with Gasteiger partial charge in [-0.3, -0.25) is 0 Å². The van der Waals surface area contributed by atoms with Crippen LogP contribution in [0.5, 0.6) is 0 Å². The molecule has 0 bridgehead atoms. The molecule has 2 rings (SSSR count). The van der Waals surface area contributed by atoms with Crippen molar-refractivity contribution in [2.24, 2.45) is 10.9 Å². The zero-order valence-electron chi connectivity index (χ0n) is 8.87. The van der Waals surface area contributed by atoms with E-state index in [4.69, 9.17) is 10.6 Å². The fraction of sp³-hybridized carbons (Fsp3) is 0.364. The van der Waals surface area contributed by atoms with Crippen LogP contribution in [0.15, 0.2) is 29.4 Å². The zero-order valence-corrected chi connectivity index (χ0v) is 8.87. The van der Waals surface area contributed by atoms with E-state index in [1.807, 2.05) is 0 Å². The quantitative estimate of drug-likeness (QED) is 0.868. The van der Waals surface area contributed by atoms with Crippen molar-refractivity contribution in [1.82, 2.24) is 0 Å². The summed E-state index contributed by atoms with van der Waals surface area (Å²) in [6, 6.07) is 5.35. The SMILES string of the molecule is NCC1=NOC(c2ccccc2C(F)(F)F)C1. The van der Waals surface area contributed by atoms with Gasteiger partial charge in [-0.05, 0) is 6.07 Å². The third-order valence-electron chi connectivity index (χ3n) is 2.58. The van der Waals surface area contributed by atoms with Gasteiger partial charge in [0.25, 0.3) is 0 Å². The van der Waals surface area contributed by atoms with Crippen molar-refractivity contribution in [3.63, 3.8) is 0 Å². The normalized spacial score (nSPS) is 20.0. The predicted octanol–water partition coefficient (Wildman–Crippen LogP) is 2.48. The minimum atomic E-state index is -4.38. The van der Waals surface area contributed by atoms with Crippen LogP contribution in [0.1, 0.15) is 23.7 Å². The number of alkyl halides is 3. The molecule has 0 amide bonds. The van der Waals surface area contributed by atoms with Gasteiger partial charge in [-0.15, -0.1) is 0 Å². The number of hydrogen-bond acceptors (Lipinski definition) is 3. The number of rotatable bonds is 2. The highest BCUT2D eigenvalue weighted by Crippen LogP contribution is 2.38. The molecule has 17 heavy (non-hydrogen) atoms. The van der Waals surface area contributed by atoms with Crippen LogP contribution in [-0.4, -0.2) is 12.3 Å². The molecular weight excluding hydrogens is 233 g/mol. The first-order chi connectivity index (χ1) is 8.02. The van der Waals surface area contributed by atoms with Gasteiger partial charge in [0.15, 0.2) is 6.10 Å². The highest BCUT2D eigenvalue weighted by atomic mass is 19.4. The molecule has 0 fully saturated rings. The molecule has 1 aromatic carbocycles. The molecule has 1 unspecified atom stereocenters.